The summed E-state index contributed by atoms with van der Waals surface area (Å²) < 4.78 is 0. The highest BCUT2D eigenvalue weighted by molar-refractivity contribution is 4.69. The number of aliphatic hydroxyl groups excluding tert-OH is 6. The maximum absolute atomic E-state index is 8.47. The molecule has 6 heteroatoms. The molecule has 0 saturated heterocycles. The van der Waals surface area contributed by atoms with Crippen molar-refractivity contribution in [2.24, 2.45) is 5.41 Å². The van der Waals surface area contributed by atoms with E-state index in [1.807, 2.05) is 6.92 Å². The Morgan fingerprint density at radius 3 is 0.938 bits per heavy atom. The van der Waals surface area contributed by atoms with Crippen LogP contribution in [0, 0.1) is 5.41 Å². The first-order valence-electron chi connectivity index (χ1n) is 4.93. The molecular formula is C10H28O6. The lowest BCUT2D eigenvalue weighted by Crippen LogP contribution is -2.29. The quantitative estimate of drug-likeness (QED) is 0.361. The van der Waals surface area contributed by atoms with E-state index >= 15 is 0 Å². The van der Waals surface area contributed by atoms with Crippen molar-refractivity contribution in [2.75, 3.05) is 40.6 Å². The lowest BCUT2D eigenvalue weighted by Gasteiger charge is -2.20. The van der Waals surface area contributed by atoms with Crippen molar-refractivity contribution in [3.63, 3.8) is 0 Å². The summed E-state index contributed by atoms with van der Waals surface area (Å²) in [5, 5.41) is 47.3. The molecule has 0 saturated carbocycles. The third-order valence-corrected chi connectivity index (χ3v) is 1.37. The van der Waals surface area contributed by atoms with Crippen LogP contribution < -0.4 is 0 Å². The van der Waals surface area contributed by atoms with Crippen molar-refractivity contribution in [3.8, 4) is 0 Å². The van der Waals surface area contributed by atoms with Gasteiger partial charge < -0.3 is 30.6 Å². The Morgan fingerprint density at radius 1 is 0.750 bits per heavy atom. The first-order chi connectivity index (χ1) is 7.60. The highest BCUT2D eigenvalue weighted by atomic mass is 16.3. The van der Waals surface area contributed by atoms with Gasteiger partial charge in [-0.3, -0.25) is 0 Å². The van der Waals surface area contributed by atoms with Gasteiger partial charge >= 0.3 is 0 Å². The predicted octanol–water partition coefficient (Wildman–Crippen LogP) is -1.42. The van der Waals surface area contributed by atoms with E-state index in [4.69, 9.17) is 30.6 Å². The van der Waals surface area contributed by atoms with Crippen LogP contribution in [0.4, 0.5) is 0 Å². The Hall–Kier alpha value is -0.240. The van der Waals surface area contributed by atoms with Crippen LogP contribution in [0.2, 0.25) is 0 Å². The molecule has 104 valence electrons. The van der Waals surface area contributed by atoms with E-state index in [0.717, 1.165) is 20.6 Å². The molecule has 0 bridgehead atoms. The maximum Gasteiger partial charge on any atom is 0.0528 e. The number of hydrogen-bond acceptors (Lipinski definition) is 6. The fraction of sp³-hybridized carbons (Fsp3) is 1.00. The molecule has 6 nitrogen and oxygen atoms in total. The molecule has 0 aromatic carbocycles. The van der Waals surface area contributed by atoms with Gasteiger partial charge in [-0.1, -0.05) is 13.8 Å². The average Bonchev–Trinajstić information content (AvgIpc) is 2.42. The largest absolute Gasteiger partial charge is 0.400 e. The van der Waals surface area contributed by atoms with Gasteiger partial charge in [0.25, 0.3) is 0 Å². The van der Waals surface area contributed by atoms with Gasteiger partial charge in [-0.15, -0.1) is 0 Å². The van der Waals surface area contributed by atoms with Gasteiger partial charge in [0.15, 0.2) is 0 Å². The zero-order valence-corrected chi connectivity index (χ0v) is 10.7. The van der Waals surface area contributed by atoms with E-state index in [1.165, 1.54) is 0 Å². The lowest BCUT2D eigenvalue weighted by molar-refractivity contribution is 0.0200. The molecule has 0 fully saturated rings. The Morgan fingerprint density at radius 2 is 0.938 bits per heavy atom. The van der Waals surface area contributed by atoms with Crippen LogP contribution in [0.5, 0.6) is 0 Å². The molecule has 0 spiro atoms. The van der Waals surface area contributed by atoms with Crippen LogP contribution in [0.25, 0.3) is 0 Å². The summed E-state index contributed by atoms with van der Waals surface area (Å²) in [5.74, 6) is 0. The van der Waals surface area contributed by atoms with Crippen LogP contribution in [0.1, 0.15) is 20.3 Å². The molecule has 0 unspecified atom stereocenters. The molecular weight excluding hydrogens is 216 g/mol. The van der Waals surface area contributed by atoms with Gasteiger partial charge in [0, 0.05) is 26.2 Å². The molecule has 0 heterocycles. The molecule has 0 radical (unpaired) electrons. The van der Waals surface area contributed by atoms with Crippen LogP contribution in [0.15, 0.2) is 0 Å². The molecule has 6 N–H and O–H groups in total. The van der Waals surface area contributed by atoms with Crippen molar-refractivity contribution < 1.29 is 30.6 Å². The fourth-order valence-corrected chi connectivity index (χ4v) is 0.150. The normalized spacial score (nSPS) is 8.62. The lowest BCUT2D eigenvalue weighted by atomic mass is 9.95. The average molecular weight is 244 g/mol. The predicted molar refractivity (Wildman–Crippen MR) is 63.0 cm³/mol. The smallest absolute Gasteiger partial charge is 0.0528 e. The molecule has 0 atom stereocenters. The van der Waals surface area contributed by atoms with Crippen LogP contribution in [-0.2, 0) is 0 Å². The molecule has 0 rings (SSSR count). The first kappa shape index (κ1) is 24.8. The topological polar surface area (TPSA) is 121 Å². The van der Waals surface area contributed by atoms with Gasteiger partial charge in [-0.05, 0) is 6.42 Å². The molecule has 0 aromatic heterocycles. The minimum Gasteiger partial charge on any atom is -0.400 e. The zero-order chi connectivity index (χ0) is 14.0. The summed E-state index contributed by atoms with van der Waals surface area (Å²) in [5.41, 5.74) is -0.708. The van der Waals surface area contributed by atoms with Crippen molar-refractivity contribution in [1.82, 2.24) is 0 Å². The second-order valence-electron chi connectivity index (χ2n) is 3.01. The Labute approximate surface area is 97.8 Å². The summed E-state index contributed by atoms with van der Waals surface area (Å²) in [6.45, 7) is 3.31. The van der Waals surface area contributed by atoms with Crippen LogP contribution in [0.3, 0.4) is 0 Å². The van der Waals surface area contributed by atoms with Crippen molar-refractivity contribution in [1.29, 1.82) is 0 Å². The van der Waals surface area contributed by atoms with Gasteiger partial charge in [0.2, 0.25) is 0 Å². The first-order valence-corrected chi connectivity index (χ1v) is 4.93. The molecule has 0 amide bonds. The van der Waals surface area contributed by atoms with Gasteiger partial charge in [0.1, 0.15) is 0 Å². The summed E-state index contributed by atoms with van der Waals surface area (Å²) >= 11 is 0. The number of rotatable bonds is 4. The van der Waals surface area contributed by atoms with E-state index in [9.17, 15) is 0 Å². The molecule has 16 heavy (non-hydrogen) atoms. The SMILES string of the molecule is CC(CO)(CO)CO.CCCO.CO.CO. The monoisotopic (exact) mass is 244 g/mol. The second-order valence-corrected chi connectivity index (χ2v) is 3.01. The van der Waals surface area contributed by atoms with E-state index < -0.39 is 5.41 Å². The van der Waals surface area contributed by atoms with Crippen molar-refractivity contribution in [2.45, 2.75) is 20.3 Å². The fourth-order valence-electron chi connectivity index (χ4n) is 0.150. The standard InChI is InChI=1S/C5H12O3.C3H8O.2CH4O/c1-5(2-6,3-7)4-8;1-2-3-4;2*1-2/h6-8H,2-4H2,1H3;4H,2-3H2,1H3;2*2H,1H3. The van der Waals surface area contributed by atoms with E-state index in [-0.39, 0.29) is 19.8 Å². The Balaban J connectivity index is -0.0000000761. The Kier molecular flexibility index (Phi) is 37.5. The van der Waals surface area contributed by atoms with Crippen molar-refractivity contribution >= 4 is 0 Å². The van der Waals surface area contributed by atoms with E-state index in [2.05, 4.69) is 0 Å². The number of hydrogen-bond donors (Lipinski definition) is 6. The minimum absolute atomic E-state index is 0.181. The summed E-state index contributed by atoms with van der Waals surface area (Å²) in [7, 11) is 2.00. The third kappa shape index (κ3) is 23.5. The molecule has 0 aliphatic rings. The third-order valence-electron chi connectivity index (χ3n) is 1.37. The number of aliphatic hydroxyl groups is 6. The second kappa shape index (κ2) is 24.1. The van der Waals surface area contributed by atoms with Crippen LogP contribution in [-0.4, -0.2) is 71.3 Å². The molecule has 0 aliphatic carbocycles. The van der Waals surface area contributed by atoms with Gasteiger partial charge in [-0.25, -0.2) is 0 Å². The van der Waals surface area contributed by atoms with Gasteiger partial charge in [-0.2, -0.15) is 0 Å². The molecule has 0 aromatic rings. The van der Waals surface area contributed by atoms with E-state index in [0.29, 0.717) is 6.61 Å². The highest BCUT2D eigenvalue weighted by Crippen LogP contribution is 2.10. The minimum atomic E-state index is -0.708. The molecule has 0 aliphatic heterocycles. The highest BCUT2D eigenvalue weighted by Gasteiger charge is 2.20. The summed E-state index contributed by atoms with van der Waals surface area (Å²) in [4.78, 5) is 0. The van der Waals surface area contributed by atoms with Gasteiger partial charge in [0.05, 0.1) is 19.8 Å². The summed E-state index contributed by atoms with van der Waals surface area (Å²) in [6.07, 6.45) is 0.875. The van der Waals surface area contributed by atoms with Crippen molar-refractivity contribution in [3.05, 3.63) is 0 Å². The summed E-state index contributed by atoms with van der Waals surface area (Å²) in [6, 6.07) is 0. The van der Waals surface area contributed by atoms with Crippen LogP contribution >= 0.6 is 0 Å². The maximum atomic E-state index is 8.47. The van der Waals surface area contributed by atoms with E-state index in [1.54, 1.807) is 6.92 Å². The zero-order valence-electron chi connectivity index (χ0n) is 10.7. The Bertz CT molecular complexity index is 75.1.